The van der Waals surface area contributed by atoms with Crippen molar-refractivity contribution in [3.8, 4) is 0 Å². The zero-order valence-electron chi connectivity index (χ0n) is 15.7. The van der Waals surface area contributed by atoms with E-state index in [9.17, 15) is 4.79 Å². The van der Waals surface area contributed by atoms with Gasteiger partial charge in [0.15, 0.2) is 0 Å². The summed E-state index contributed by atoms with van der Waals surface area (Å²) in [5.41, 5.74) is 1.98. The van der Waals surface area contributed by atoms with Gasteiger partial charge in [-0.15, -0.1) is 0 Å². The first-order valence-corrected chi connectivity index (χ1v) is 9.71. The third-order valence-corrected chi connectivity index (χ3v) is 5.16. The highest BCUT2D eigenvalue weighted by atomic mass is 16.5. The van der Waals surface area contributed by atoms with Crippen LogP contribution >= 0.6 is 0 Å². The second-order valence-electron chi connectivity index (χ2n) is 7.21. The Kier molecular flexibility index (Phi) is 5.50. The Morgan fingerprint density at radius 2 is 2.07 bits per heavy atom. The van der Waals surface area contributed by atoms with Gasteiger partial charge in [-0.2, -0.15) is 0 Å². The standard InChI is InChI=1S/C20H26N4O3/c1-14-5-2-8-24-19(14)23-18(22-12-16-7-4-10-27-16)17(20(24)25)13-21-11-15-6-3-9-26-15/h2,5,8,13,15-16,22H,3-4,6-7,9-12H2,1H3/t15-,16-/m1/s1. The van der Waals surface area contributed by atoms with Crippen molar-refractivity contribution in [3.05, 3.63) is 39.8 Å². The number of pyridine rings is 1. The van der Waals surface area contributed by atoms with Gasteiger partial charge in [0.05, 0.1) is 18.8 Å². The third kappa shape index (κ3) is 4.04. The zero-order valence-corrected chi connectivity index (χ0v) is 15.7. The Hall–Kier alpha value is -2.25. The molecule has 0 aromatic carbocycles. The van der Waals surface area contributed by atoms with E-state index in [2.05, 4.69) is 10.3 Å². The van der Waals surface area contributed by atoms with Crippen LogP contribution in [-0.2, 0) is 9.47 Å². The normalized spacial score (nSPS) is 22.9. The second kappa shape index (κ2) is 8.19. The van der Waals surface area contributed by atoms with Gasteiger partial charge in [-0.25, -0.2) is 4.98 Å². The number of rotatable bonds is 6. The Labute approximate surface area is 158 Å². The van der Waals surface area contributed by atoms with Crippen LogP contribution in [-0.4, -0.2) is 54.1 Å². The van der Waals surface area contributed by atoms with Gasteiger partial charge in [0, 0.05) is 32.2 Å². The molecule has 0 radical (unpaired) electrons. The molecule has 7 nitrogen and oxygen atoms in total. The third-order valence-electron chi connectivity index (χ3n) is 5.16. The summed E-state index contributed by atoms with van der Waals surface area (Å²) >= 11 is 0. The Morgan fingerprint density at radius 3 is 2.81 bits per heavy atom. The lowest BCUT2D eigenvalue weighted by atomic mass is 10.2. The van der Waals surface area contributed by atoms with E-state index in [0.29, 0.717) is 30.1 Å². The van der Waals surface area contributed by atoms with Crippen molar-refractivity contribution in [1.29, 1.82) is 0 Å². The van der Waals surface area contributed by atoms with Gasteiger partial charge in [-0.05, 0) is 44.2 Å². The number of aromatic nitrogens is 2. The predicted molar refractivity (Wildman–Crippen MR) is 105 cm³/mol. The molecule has 0 spiro atoms. The number of nitrogens with zero attached hydrogens (tertiary/aromatic N) is 3. The summed E-state index contributed by atoms with van der Waals surface area (Å²) in [6, 6.07) is 3.81. The summed E-state index contributed by atoms with van der Waals surface area (Å²) < 4.78 is 12.9. The number of fused-ring (bicyclic) bond motifs is 1. The van der Waals surface area contributed by atoms with Crippen LogP contribution in [0.4, 0.5) is 5.82 Å². The summed E-state index contributed by atoms with van der Waals surface area (Å²) in [6.45, 7) is 4.77. The lowest BCUT2D eigenvalue weighted by Crippen LogP contribution is -2.26. The molecule has 0 aliphatic carbocycles. The fourth-order valence-electron chi connectivity index (χ4n) is 3.63. The maximum atomic E-state index is 13.1. The van der Waals surface area contributed by atoms with Gasteiger partial charge in [0.1, 0.15) is 17.0 Å². The summed E-state index contributed by atoms with van der Waals surface area (Å²) in [5, 5.41) is 3.32. The lowest BCUT2D eigenvalue weighted by molar-refractivity contribution is 0.118. The predicted octanol–water partition coefficient (Wildman–Crippen LogP) is 2.19. The molecule has 0 unspecified atom stereocenters. The molecular weight excluding hydrogens is 344 g/mol. The van der Waals surface area contributed by atoms with Gasteiger partial charge < -0.3 is 14.8 Å². The van der Waals surface area contributed by atoms with E-state index in [0.717, 1.165) is 44.5 Å². The quantitative estimate of drug-likeness (QED) is 0.789. The van der Waals surface area contributed by atoms with Crippen LogP contribution in [0.1, 0.15) is 36.8 Å². The summed E-state index contributed by atoms with van der Waals surface area (Å²) in [6.07, 6.45) is 7.92. The molecule has 2 atom stereocenters. The number of anilines is 1. The first kappa shape index (κ1) is 18.1. The van der Waals surface area contributed by atoms with Crippen molar-refractivity contribution in [2.24, 2.45) is 4.99 Å². The first-order valence-electron chi connectivity index (χ1n) is 9.71. The summed E-state index contributed by atoms with van der Waals surface area (Å²) in [4.78, 5) is 22.3. The van der Waals surface area contributed by atoms with Crippen LogP contribution < -0.4 is 10.9 Å². The van der Waals surface area contributed by atoms with E-state index in [1.165, 1.54) is 0 Å². The number of ether oxygens (including phenoxy) is 2. The summed E-state index contributed by atoms with van der Waals surface area (Å²) in [5.74, 6) is 0.570. The highest BCUT2D eigenvalue weighted by molar-refractivity contribution is 5.86. The van der Waals surface area contributed by atoms with Gasteiger partial charge in [-0.1, -0.05) is 6.07 Å². The zero-order chi connectivity index (χ0) is 18.6. The van der Waals surface area contributed by atoms with Crippen LogP contribution in [0.3, 0.4) is 0 Å². The molecule has 2 aliphatic heterocycles. The minimum atomic E-state index is -0.116. The highest BCUT2D eigenvalue weighted by Crippen LogP contribution is 2.16. The molecule has 2 fully saturated rings. The van der Waals surface area contributed by atoms with Crippen molar-refractivity contribution in [2.45, 2.75) is 44.8 Å². The fraction of sp³-hybridized carbons (Fsp3) is 0.550. The van der Waals surface area contributed by atoms with Crippen LogP contribution in [0.15, 0.2) is 28.1 Å². The lowest BCUT2D eigenvalue weighted by Gasteiger charge is -2.14. The topological polar surface area (TPSA) is 77.2 Å². The average Bonchev–Trinajstić information content (AvgIpc) is 3.37. The van der Waals surface area contributed by atoms with Gasteiger partial charge in [0.25, 0.3) is 5.56 Å². The molecule has 2 aromatic heterocycles. The van der Waals surface area contributed by atoms with Crippen molar-refractivity contribution in [1.82, 2.24) is 9.38 Å². The monoisotopic (exact) mass is 370 g/mol. The van der Waals surface area contributed by atoms with E-state index in [1.807, 2.05) is 19.1 Å². The molecule has 2 saturated heterocycles. The van der Waals surface area contributed by atoms with Crippen molar-refractivity contribution in [3.63, 3.8) is 0 Å². The Balaban J connectivity index is 1.64. The molecule has 2 aromatic rings. The molecular formula is C20H26N4O3. The van der Waals surface area contributed by atoms with E-state index in [1.54, 1.807) is 16.8 Å². The molecule has 0 amide bonds. The van der Waals surface area contributed by atoms with Crippen LogP contribution in [0.5, 0.6) is 0 Å². The number of aliphatic imine (C=N–C) groups is 1. The SMILES string of the molecule is Cc1cccn2c(=O)c(C=NC[C@H]3CCCO3)c(NC[C@H]3CCCO3)nc12. The Morgan fingerprint density at radius 1 is 1.30 bits per heavy atom. The minimum Gasteiger partial charge on any atom is -0.376 e. The largest absolute Gasteiger partial charge is 0.376 e. The van der Waals surface area contributed by atoms with E-state index < -0.39 is 0 Å². The number of nitrogens with one attached hydrogen (secondary N) is 1. The van der Waals surface area contributed by atoms with Gasteiger partial charge in [0.2, 0.25) is 0 Å². The average molecular weight is 370 g/mol. The maximum absolute atomic E-state index is 13.1. The molecule has 7 heteroatoms. The first-order chi connectivity index (χ1) is 13.2. The number of aryl methyl sites for hydroxylation is 1. The summed E-state index contributed by atoms with van der Waals surface area (Å²) in [7, 11) is 0. The van der Waals surface area contributed by atoms with Crippen LogP contribution in [0.2, 0.25) is 0 Å². The van der Waals surface area contributed by atoms with Gasteiger partial charge >= 0.3 is 0 Å². The fourth-order valence-corrected chi connectivity index (χ4v) is 3.63. The maximum Gasteiger partial charge on any atom is 0.268 e. The molecule has 4 heterocycles. The minimum absolute atomic E-state index is 0.116. The molecule has 144 valence electrons. The van der Waals surface area contributed by atoms with E-state index in [-0.39, 0.29) is 17.8 Å². The smallest absolute Gasteiger partial charge is 0.268 e. The van der Waals surface area contributed by atoms with Gasteiger partial charge in [-0.3, -0.25) is 14.2 Å². The highest BCUT2D eigenvalue weighted by Gasteiger charge is 2.18. The van der Waals surface area contributed by atoms with Crippen molar-refractivity contribution in [2.75, 3.05) is 31.6 Å². The molecule has 1 N–H and O–H groups in total. The van der Waals surface area contributed by atoms with E-state index in [4.69, 9.17) is 14.5 Å². The van der Waals surface area contributed by atoms with E-state index >= 15 is 0 Å². The second-order valence-corrected chi connectivity index (χ2v) is 7.21. The van der Waals surface area contributed by atoms with Crippen LogP contribution in [0.25, 0.3) is 5.65 Å². The molecule has 0 bridgehead atoms. The Bertz CT molecular complexity index is 881. The van der Waals surface area contributed by atoms with Crippen molar-refractivity contribution < 1.29 is 9.47 Å². The van der Waals surface area contributed by atoms with Crippen molar-refractivity contribution >= 4 is 17.7 Å². The molecule has 4 rings (SSSR count). The molecule has 0 saturated carbocycles. The van der Waals surface area contributed by atoms with Crippen LogP contribution in [0, 0.1) is 6.92 Å². The number of hydrogen-bond donors (Lipinski definition) is 1. The number of hydrogen-bond acceptors (Lipinski definition) is 6. The molecule has 27 heavy (non-hydrogen) atoms. The molecule has 2 aliphatic rings.